The normalized spacial score (nSPS) is 10.9. The first kappa shape index (κ1) is 21.0. The van der Waals surface area contributed by atoms with Crippen molar-refractivity contribution in [3.63, 3.8) is 0 Å². The molecule has 0 saturated heterocycles. The fraction of sp³-hybridized carbons (Fsp3) is 0.217. The van der Waals surface area contributed by atoms with Gasteiger partial charge in [-0.1, -0.05) is 47.7 Å². The van der Waals surface area contributed by atoms with Crippen LogP contribution in [0.2, 0.25) is 0 Å². The molecule has 1 aromatic heterocycles. The standard InChI is InChI=1S/C23H25N5O2/c1-17-8-7-11-21(18(17)2)24-22(29)16-27(3)23(30)13-12-20-15-28(26-25-20)14-19-9-5-4-6-10-19/h4-13,15H,14,16H2,1-3H3,(H,24,29)/b13-12+. The molecule has 3 rings (SSSR count). The van der Waals surface area contributed by atoms with Crippen molar-refractivity contribution < 1.29 is 9.59 Å². The summed E-state index contributed by atoms with van der Waals surface area (Å²) in [4.78, 5) is 26.0. The van der Waals surface area contributed by atoms with Crippen LogP contribution in [0.1, 0.15) is 22.4 Å². The maximum absolute atomic E-state index is 12.3. The summed E-state index contributed by atoms with van der Waals surface area (Å²) in [7, 11) is 1.58. The SMILES string of the molecule is Cc1cccc(NC(=O)CN(C)C(=O)/C=C/c2cn(Cc3ccccc3)nn2)c1C. The summed E-state index contributed by atoms with van der Waals surface area (Å²) >= 11 is 0. The van der Waals surface area contributed by atoms with Gasteiger partial charge in [0.25, 0.3) is 0 Å². The van der Waals surface area contributed by atoms with E-state index >= 15 is 0 Å². The molecule has 154 valence electrons. The highest BCUT2D eigenvalue weighted by atomic mass is 16.2. The van der Waals surface area contributed by atoms with E-state index in [1.807, 2.05) is 62.4 Å². The van der Waals surface area contributed by atoms with Crippen molar-refractivity contribution in [2.75, 3.05) is 18.9 Å². The maximum atomic E-state index is 12.3. The lowest BCUT2D eigenvalue weighted by atomic mass is 10.1. The molecule has 2 amide bonds. The molecule has 3 aromatic rings. The number of aromatic nitrogens is 3. The number of carbonyl (C=O) groups excluding carboxylic acids is 2. The number of carbonyl (C=O) groups is 2. The topological polar surface area (TPSA) is 80.1 Å². The summed E-state index contributed by atoms with van der Waals surface area (Å²) < 4.78 is 1.71. The van der Waals surface area contributed by atoms with Gasteiger partial charge in [0.1, 0.15) is 5.69 Å². The largest absolute Gasteiger partial charge is 0.333 e. The minimum atomic E-state index is -0.288. The van der Waals surface area contributed by atoms with Crippen LogP contribution in [0.15, 0.2) is 60.8 Å². The molecule has 30 heavy (non-hydrogen) atoms. The maximum Gasteiger partial charge on any atom is 0.246 e. The number of likely N-dealkylation sites (N-methyl/N-ethyl adjacent to an activating group) is 1. The van der Waals surface area contributed by atoms with Gasteiger partial charge in [-0.15, -0.1) is 5.10 Å². The fourth-order valence-electron chi connectivity index (χ4n) is 2.89. The summed E-state index contributed by atoms with van der Waals surface area (Å²) in [6.45, 7) is 4.50. The van der Waals surface area contributed by atoms with Crippen molar-refractivity contribution in [1.29, 1.82) is 0 Å². The van der Waals surface area contributed by atoms with Crippen molar-refractivity contribution in [3.8, 4) is 0 Å². The zero-order chi connectivity index (χ0) is 21.5. The molecule has 0 unspecified atom stereocenters. The molecule has 0 aliphatic carbocycles. The minimum absolute atomic E-state index is 0.0444. The van der Waals surface area contributed by atoms with Crippen molar-refractivity contribution in [3.05, 3.63) is 83.2 Å². The predicted molar refractivity (Wildman–Crippen MR) is 117 cm³/mol. The molecular formula is C23H25N5O2. The van der Waals surface area contributed by atoms with Gasteiger partial charge in [-0.25, -0.2) is 4.68 Å². The van der Waals surface area contributed by atoms with Crippen LogP contribution in [-0.2, 0) is 16.1 Å². The van der Waals surface area contributed by atoms with Gasteiger partial charge in [-0.2, -0.15) is 0 Å². The van der Waals surface area contributed by atoms with Crippen LogP contribution in [-0.4, -0.2) is 45.3 Å². The quantitative estimate of drug-likeness (QED) is 0.615. The second-order valence-electron chi connectivity index (χ2n) is 7.15. The van der Waals surface area contributed by atoms with E-state index in [0.717, 1.165) is 22.4 Å². The summed E-state index contributed by atoms with van der Waals surface area (Å²) in [5, 5.41) is 11.0. The summed E-state index contributed by atoms with van der Waals surface area (Å²) in [5.41, 5.74) is 4.56. The number of benzene rings is 2. The van der Waals surface area contributed by atoms with E-state index in [4.69, 9.17) is 0 Å². The monoisotopic (exact) mass is 403 g/mol. The zero-order valence-electron chi connectivity index (χ0n) is 17.4. The van der Waals surface area contributed by atoms with Gasteiger partial charge in [-0.05, 0) is 42.7 Å². The molecule has 7 heteroatoms. The number of hydrogen-bond acceptors (Lipinski definition) is 4. The fourth-order valence-corrected chi connectivity index (χ4v) is 2.89. The van der Waals surface area contributed by atoms with Crippen molar-refractivity contribution in [2.45, 2.75) is 20.4 Å². The molecule has 0 atom stereocenters. The third-order valence-electron chi connectivity index (χ3n) is 4.78. The van der Waals surface area contributed by atoms with Crippen LogP contribution in [0.25, 0.3) is 6.08 Å². The van der Waals surface area contributed by atoms with Gasteiger partial charge in [0, 0.05) is 18.8 Å². The average molecular weight is 403 g/mol. The van der Waals surface area contributed by atoms with Gasteiger partial charge >= 0.3 is 0 Å². The predicted octanol–water partition coefficient (Wildman–Crippen LogP) is 3.05. The van der Waals surface area contributed by atoms with E-state index in [1.165, 1.54) is 11.0 Å². The summed E-state index contributed by atoms with van der Waals surface area (Å²) in [6.07, 6.45) is 4.75. The molecule has 0 saturated carbocycles. The van der Waals surface area contributed by atoms with E-state index in [0.29, 0.717) is 12.2 Å². The third kappa shape index (κ3) is 5.64. The molecule has 0 aliphatic heterocycles. The Balaban J connectivity index is 1.53. The van der Waals surface area contributed by atoms with Crippen molar-refractivity contribution in [2.24, 2.45) is 0 Å². The minimum Gasteiger partial charge on any atom is -0.333 e. The van der Waals surface area contributed by atoms with Gasteiger partial charge in [0.05, 0.1) is 19.3 Å². The first-order chi connectivity index (χ1) is 14.4. The molecule has 0 spiro atoms. The lowest BCUT2D eigenvalue weighted by molar-refractivity contribution is -0.129. The van der Waals surface area contributed by atoms with E-state index in [1.54, 1.807) is 24.0 Å². The Labute approximate surface area is 176 Å². The summed E-state index contributed by atoms with van der Waals surface area (Å²) in [6, 6.07) is 15.7. The van der Waals surface area contributed by atoms with Crippen LogP contribution < -0.4 is 5.32 Å². The molecule has 2 aromatic carbocycles. The molecule has 0 fully saturated rings. The van der Waals surface area contributed by atoms with E-state index in [2.05, 4.69) is 15.6 Å². The molecule has 0 bridgehead atoms. The highest BCUT2D eigenvalue weighted by Gasteiger charge is 2.12. The Kier molecular flexibility index (Phi) is 6.75. The summed E-state index contributed by atoms with van der Waals surface area (Å²) in [5.74, 6) is -0.537. The van der Waals surface area contributed by atoms with Crippen molar-refractivity contribution >= 4 is 23.6 Å². The van der Waals surface area contributed by atoms with Gasteiger partial charge in [-0.3, -0.25) is 9.59 Å². The second-order valence-corrected chi connectivity index (χ2v) is 7.15. The highest BCUT2D eigenvalue weighted by molar-refractivity contribution is 5.98. The van der Waals surface area contributed by atoms with Crippen molar-refractivity contribution in [1.82, 2.24) is 19.9 Å². The molecule has 7 nitrogen and oxygen atoms in total. The van der Waals surface area contributed by atoms with Crippen LogP contribution in [0.4, 0.5) is 5.69 Å². The van der Waals surface area contributed by atoms with Crippen LogP contribution in [0.5, 0.6) is 0 Å². The van der Waals surface area contributed by atoms with Crippen LogP contribution in [0.3, 0.4) is 0 Å². The molecule has 1 N–H and O–H groups in total. The van der Waals surface area contributed by atoms with E-state index in [-0.39, 0.29) is 18.4 Å². The van der Waals surface area contributed by atoms with Gasteiger partial charge in [0.2, 0.25) is 11.8 Å². The molecule has 1 heterocycles. The van der Waals surface area contributed by atoms with E-state index in [9.17, 15) is 9.59 Å². The average Bonchev–Trinajstić information content (AvgIpc) is 3.17. The lowest BCUT2D eigenvalue weighted by Gasteiger charge is -2.16. The van der Waals surface area contributed by atoms with Gasteiger partial charge < -0.3 is 10.2 Å². The number of nitrogens with one attached hydrogen (secondary N) is 1. The number of hydrogen-bond donors (Lipinski definition) is 1. The van der Waals surface area contributed by atoms with E-state index < -0.39 is 0 Å². The first-order valence-corrected chi connectivity index (χ1v) is 9.65. The number of anilines is 1. The molecular weight excluding hydrogens is 378 g/mol. The Morgan fingerprint density at radius 2 is 1.87 bits per heavy atom. The molecule has 0 radical (unpaired) electrons. The Morgan fingerprint density at radius 1 is 1.10 bits per heavy atom. The smallest absolute Gasteiger partial charge is 0.246 e. The number of rotatable bonds is 7. The highest BCUT2D eigenvalue weighted by Crippen LogP contribution is 2.17. The number of amides is 2. The second kappa shape index (κ2) is 9.65. The number of nitrogens with zero attached hydrogens (tertiary/aromatic N) is 4. The third-order valence-corrected chi connectivity index (χ3v) is 4.78. The Bertz CT molecular complexity index is 1060. The zero-order valence-corrected chi connectivity index (χ0v) is 17.4. The van der Waals surface area contributed by atoms with Crippen LogP contribution in [0, 0.1) is 13.8 Å². The Hall–Kier alpha value is -3.74. The first-order valence-electron chi connectivity index (χ1n) is 9.65. The number of aryl methyl sites for hydroxylation is 1. The molecule has 0 aliphatic rings. The van der Waals surface area contributed by atoms with Crippen LogP contribution >= 0.6 is 0 Å². The lowest BCUT2D eigenvalue weighted by Crippen LogP contribution is -2.34. The Morgan fingerprint density at radius 3 is 2.63 bits per heavy atom. The van der Waals surface area contributed by atoms with Gasteiger partial charge in [0.15, 0.2) is 0 Å².